The van der Waals surface area contributed by atoms with E-state index >= 15 is 0 Å². The Balaban J connectivity index is 2.32. The molecule has 1 saturated carbocycles. The lowest BCUT2D eigenvalue weighted by molar-refractivity contribution is -0.141. The van der Waals surface area contributed by atoms with Gasteiger partial charge in [0.2, 0.25) is 0 Å². The van der Waals surface area contributed by atoms with Gasteiger partial charge in [-0.2, -0.15) is 11.8 Å². The van der Waals surface area contributed by atoms with Gasteiger partial charge in [-0.15, -0.1) is 0 Å². The fourth-order valence-electron chi connectivity index (χ4n) is 2.47. The van der Waals surface area contributed by atoms with E-state index in [1.807, 2.05) is 6.92 Å². The van der Waals surface area contributed by atoms with Gasteiger partial charge in [0.05, 0.1) is 5.92 Å². The maximum Gasteiger partial charge on any atom is 0.315 e. The molecule has 0 aromatic rings. The van der Waals surface area contributed by atoms with Crippen LogP contribution in [0.25, 0.3) is 0 Å². The van der Waals surface area contributed by atoms with Crippen LogP contribution in [0.5, 0.6) is 0 Å². The first-order valence-electron chi connectivity index (χ1n) is 6.88. The molecular formula is C13H24N2O3S. The summed E-state index contributed by atoms with van der Waals surface area (Å²) in [4.78, 5) is 22.7. The van der Waals surface area contributed by atoms with E-state index in [0.717, 1.165) is 25.7 Å². The fourth-order valence-corrected chi connectivity index (χ4v) is 3.40. The van der Waals surface area contributed by atoms with Gasteiger partial charge < -0.3 is 15.7 Å². The van der Waals surface area contributed by atoms with E-state index in [2.05, 4.69) is 16.9 Å². The van der Waals surface area contributed by atoms with Crippen LogP contribution in [-0.4, -0.2) is 41.2 Å². The molecule has 1 aliphatic carbocycles. The largest absolute Gasteiger partial charge is 0.481 e. The van der Waals surface area contributed by atoms with Crippen molar-refractivity contribution in [1.29, 1.82) is 0 Å². The quantitative estimate of drug-likeness (QED) is 0.670. The molecule has 3 unspecified atom stereocenters. The van der Waals surface area contributed by atoms with Crippen molar-refractivity contribution in [2.75, 3.05) is 12.8 Å². The molecule has 1 rings (SSSR count). The zero-order chi connectivity index (χ0) is 14.3. The average Bonchev–Trinajstić information content (AvgIpc) is 2.81. The Labute approximate surface area is 118 Å². The van der Waals surface area contributed by atoms with Crippen molar-refractivity contribution < 1.29 is 14.7 Å². The molecule has 2 amide bonds. The van der Waals surface area contributed by atoms with Crippen molar-refractivity contribution in [3.8, 4) is 0 Å². The Kier molecular flexibility index (Phi) is 7.05. The van der Waals surface area contributed by atoms with Crippen molar-refractivity contribution >= 4 is 23.8 Å². The number of amides is 2. The molecule has 0 aromatic heterocycles. The monoisotopic (exact) mass is 288 g/mol. The summed E-state index contributed by atoms with van der Waals surface area (Å²) in [6.45, 7) is 2.14. The smallest absolute Gasteiger partial charge is 0.315 e. The van der Waals surface area contributed by atoms with Crippen LogP contribution in [0.3, 0.4) is 0 Å². The number of carboxylic acid groups (broad SMARTS) is 1. The first-order chi connectivity index (χ1) is 9.08. The highest BCUT2D eigenvalue weighted by Gasteiger charge is 2.28. The van der Waals surface area contributed by atoms with Gasteiger partial charge in [0.15, 0.2) is 0 Å². The van der Waals surface area contributed by atoms with Gasteiger partial charge in [0.25, 0.3) is 0 Å². The number of hydrogen-bond acceptors (Lipinski definition) is 3. The van der Waals surface area contributed by atoms with Crippen LogP contribution in [0.4, 0.5) is 4.79 Å². The topological polar surface area (TPSA) is 78.4 Å². The third-order valence-electron chi connectivity index (χ3n) is 3.57. The summed E-state index contributed by atoms with van der Waals surface area (Å²) in [5, 5.41) is 15.1. The number of carboxylic acids is 1. The average molecular weight is 288 g/mol. The Morgan fingerprint density at radius 2 is 2.16 bits per heavy atom. The summed E-state index contributed by atoms with van der Waals surface area (Å²) in [6, 6.07) is -0.0299. The predicted octanol–water partition coefficient (Wildman–Crippen LogP) is 2.07. The van der Waals surface area contributed by atoms with Gasteiger partial charge in [0, 0.05) is 17.8 Å². The molecule has 3 N–H and O–H groups in total. The summed E-state index contributed by atoms with van der Waals surface area (Å²) in [5.41, 5.74) is 0. The van der Waals surface area contributed by atoms with Crippen molar-refractivity contribution in [1.82, 2.24) is 10.6 Å². The summed E-state index contributed by atoms with van der Waals surface area (Å²) >= 11 is 1.78. The highest BCUT2D eigenvalue weighted by molar-refractivity contribution is 7.99. The summed E-state index contributed by atoms with van der Waals surface area (Å²) in [7, 11) is 0. The maximum absolute atomic E-state index is 11.8. The molecule has 0 bridgehead atoms. The minimum atomic E-state index is -0.843. The van der Waals surface area contributed by atoms with Gasteiger partial charge in [-0.05, 0) is 25.5 Å². The number of aliphatic carboxylic acids is 1. The Bertz CT molecular complexity index is 312. The second kappa shape index (κ2) is 8.30. The van der Waals surface area contributed by atoms with Crippen LogP contribution in [0, 0.1) is 5.92 Å². The highest BCUT2D eigenvalue weighted by atomic mass is 32.2. The highest BCUT2D eigenvalue weighted by Crippen LogP contribution is 2.28. The number of hydrogen-bond donors (Lipinski definition) is 3. The van der Waals surface area contributed by atoms with E-state index in [1.54, 1.807) is 11.8 Å². The molecule has 5 nitrogen and oxygen atoms in total. The number of urea groups is 1. The molecule has 1 aliphatic rings. The van der Waals surface area contributed by atoms with Crippen LogP contribution < -0.4 is 10.6 Å². The van der Waals surface area contributed by atoms with Crippen LogP contribution in [0.2, 0.25) is 0 Å². The lowest BCUT2D eigenvalue weighted by Gasteiger charge is -2.20. The zero-order valence-electron chi connectivity index (χ0n) is 11.6. The first kappa shape index (κ1) is 16.1. The Morgan fingerprint density at radius 3 is 2.74 bits per heavy atom. The summed E-state index contributed by atoms with van der Waals surface area (Å²) in [6.07, 6.45) is 6.74. The molecule has 0 heterocycles. The Morgan fingerprint density at radius 1 is 1.42 bits per heavy atom. The second-order valence-corrected chi connectivity index (χ2v) is 6.07. The third kappa shape index (κ3) is 5.30. The van der Waals surface area contributed by atoms with Crippen molar-refractivity contribution in [2.24, 2.45) is 5.92 Å². The number of carbonyl (C=O) groups is 2. The molecule has 1 fully saturated rings. The second-order valence-electron chi connectivity index (χ2n) is 4.99. The van der Waals surface area contributed by atoms with Crippen molar-refractivity contribution in [3.63, 3.8) is 0 Å². The molecule has 19 heavy (non-hydrogen) atoms. The van der Waals surface area contributed by atoms with Gasteiger partial charge in [-0.3, -0.25) is 4.79 Å². The lowest BCUT2D eigenvalue weighted by Crippen LogP contribution is -2.46. The first-order valence-corrected chi connectivity index (χ1v) is 8.17. The Hall–Kier alpha value is -0.910. The lowest BCUT2D eigenvalue weighted by atomic mass is 10.0. The van der Waals surface area contributed by atoms with Gasteiger partial charge in [-0.1, -0.05) is 19.8 Å². The molecule has 0 aliphatic heterocycles. The van der Waals surface area contributed by atoms with Gasteiger partial charge in [0.1, 0.15) is 0 Å². The molecule has 0 aromatic carbocycles. The number of rotatable bonds is 7. The van der Waals surface area contributed by atoms with E-state index in [1.165, 1.54) is 0 Å². The van der Waals surface area contributed by atoms with E-state index in [0.29, 0.717) is 11.7 Å². The summed E-state index contributed by atoms with van der Waals surface area (Å²) in [5.74, 6) is -1.33. The zero-order valence-corrected chi connectivity index (χ0v) is 12.5. The van der Waals surface area contributed by atoms with Gasteiger partial charge >= 0.3 is 12.0 Å². The summed E-state index contributed by atoms with van der Waals surface area (Å²) < 4.78 is 0. The number of nitrogens with one attached hydrogen (secondary N) is 2. The molecule has 110 valence electrons. The van der Waals surface area contributed by atoms with Crippen LogP contribution >= 0.6 is 11.8 Å². The van der Waals surface area contributed by atoms with E-state index < -0.39 is 11.9 Å². The van der Waals surface area contributed by atoms with E-state index in [4.69, 9.17) is 5.11 Å². The van der Waals surface area contributed by atoms with Crippen molar-refractivity contribution in [3.05, 3.63) is 0 Å². The predicted molar refractivity (Wildman–Crippen MR) is 77.5 cm³/mol. The van der Waals surface area contributed by atoms with Gasteiger partial charge in [-0.25, -0.2) is 4.79 Å². The fraction of sp³-hybridized carbons (Fsp3) is 0.846. The molecule has 0 spiro atoms. The number of thioether (sulfide) groups is 1. The third-order valence-corrected chi connectivity index (χ3v) is 4.74. The molecule has 6 heteroatoms. The molecule has 0 saturated heterocycles. The minimum absolute atomic E-state index is 0.200. The van der Waals surface area contributed by atoms with E-state index in [-0.39, 0.29) is 18.6 Å². The molecule has 0 radical (unpaired) electrons. The van der Waals surface area contributed by atoms with Crippen LogP contribution in [-0.2, 0) is 4.79 Å². The normalized spacial score (nSPS) is 23.9. The van der Waals surface area contributed by atoms with Crippen LogP contribution in [0.15, 0.2) is 0 Å². The van der Waals surface area contributed by atoms with Crippen LogP contribution in [0.1, 0.15) is 39.0 Å². The minimum Gasteiger partial charge on any atom is -0.481 e. The van der Waals surface area contributed by atoms with Crippen molar-refractivity contribution in [2.45, 2.75) is 50.3 Å². The standard InChI is InChI=1S/C13H24N2O3S/c1-3-5-9(12(16)17)8-14-13(18)15-10-6-4-7-11(10)19-2/h9-11H,3-8H2,1-2H3,(H,16,17)(H2,14,15,18). The number of carbonyl (C=O) groups excluding carboxylic acids is 1. The molecule has 3 atom stereocenters. The SMILES string of the molecule is CCCC(CNC(=O)NC1CCCC1SC)C(=O)O. The maximum atomic E-state index is 11.8. The molecular weight excluding hydrogens is 264 g/mol. The van der Waals surface area contributed by atoms with E-state index in [9.17, 15) is 9.59 Å².